The number of likely N-dealkylation sites (tertiary alicyclic amines) is 1. The van der Waals surface area contributed by atoms with Gasteiger partial charge >= 0.3 is 0 Å². The van der Waals surface area contributed by atoms with E-state index in [1.807, 2.05) is 0 Å². The maximum Gasteiger partial charge on any atom is 0.223 e. The van der Waals surface area contributed by atoms with E-state index < -0.39 is 0 Å². The minimum Gasteiger partial charge on any atom is -0.378 e. The number of carbonyl (C=O) groups excluding carboxylic acids is 1. The van der Waals surface area contributed by atoms with Crippen LogP contribution in [0.1, 0.15) is 79.1 Å². The normalized spacial score (nSPS) is 29.3. The number of hydrogen-bond acceptors (Lipinski definition) is 2. The van der Waals surface area contributed by atoms with Crippen LogP contribution in [0.3, 0.4) is 0 Å². The second-order valence-electron chi connectivity index (χ2n) is 8.66. The zero-order chi connectivity index (χ0) is 16.9. The first-order valence-electron chi connectivity index (χ1n) is 9.81. The molecule has 0 N–H and O–H groups in total. The molecule has 2 rings (SSSR count). The number of nitrogens with zero attached hydrogens (tertiary/aromatic N) is 1. The Morgan fingerprint density at radius 1 is 1.17 bits per heavy atom. The highest BCUT2D eigenvalue weighted by molar-refractivity contribution is 5.77. The Balaban J connectivity index is 2.04. The molecule has 3 nitrogen and oxygen atoms in total. The lowest BCUT2D eigenvalue weighted by atomic mass is 9.69. The van der Waals surface area contributed by atoms with Gasteiger partial charge in [0, 0.05) is 26.1 Å². The zero-order valence-corrected chi connectivity index (χ0v) is 15.8. The van der Waals surface area contributed by atoms with Crippen LogP contribution in [0.25, 0.3) is 0 Å². The standard InChI is InChI=1S/C20H37NO2/c1-16(2)8-9-20(10-13-23-18(14-20)17(3)4)15-19(22)21-11-6-5-7-12-21/h16-18H,5-15H2,1-4H3/t18-,20-/m0/s1. The molecular weight excluding hydrogens is 286 g/mol. The van der Waals surface area contributed by atoms with Gasteiger partial charge in [0.25, 0.3) is 0 Å². The number of hydrogen-bond donors (Lipinski definition) is 0. The Kier molecular flexibility index (Phi) is 6.94. The highest BCUT2D eigenvalue weighted by Crippen LogP contribution is 2.44. The number of amides is 1. The number of rotatable bonds is 6. The maximum atomic E-state index is 12.9. The first-order valence-corrected chi connectivity index (χ1v) is 9.81. The van der Waals surface area contributed by atoms with Crippen molar-refractivity contribution in [1.82, 2.24) is 4.90 Å². The van der Waals surface area contributed by atoms with Crippen molar-refractivity contribution in [2.24, 2.45) is 17.3 Å². The monoisotopic (exact) mass is 323 g/mol. The van der Waals surface area contributed by atoms with E-state index in [1.54, 1.807) is 0 Å². The zero-order valence-electron chi connectivity index (χ0n) is 15.8. The summed E-state index contributed by atoms with van der Waals surface area (Å²) >= 11 is 0. The summed E-state index contributed by atoms with van der Waals surface area (Å²) in [5, 5.41) is 0. The SMILES string of the molecule is CC(C)CC[C@]1(CC(=O)N2CCCCC2)CCO[C@H](C(C)C)C1. The van der Waals surface area contributed by atoms with Crippen molar-refractivity contribution in [1.29, 1.82) is 0 Å². The predicted molar refractivity (Wildman–Crippen MR) is 95.4 cm³/mol. The fourth-order valence-corrected chi connectivity index (χ4v) is 4.09. The molecule has 2 aliphatic rings. The molecule has 0 aromatic heterocycles. The Morgan fingerprint density at radius 3 is 2.48 bits per heavy atom. The lowest BCUT2D eigenvalue weighted by molar-refractivity contribution is -0.139. The van der Waals surface area contributed by atoms with Gasteiger partial charge < -0.3 is 9.64 Å². The molecule has 134 valence electrons. The molecule has 0 saturated carbocycles. The van der Waals surface area contributed by atoms with Gasteiger partial charge in [-0.3, -0.25) is 4.79 Å². The fraction of sp³-hybridized carbons (Fsp3) is 0.950. The van der Waals surface area contributed by atoms with Crippen LogP contribution in [-0.2, 0) is 9.53 Å². The van der Waals surface area contributed by atoms with E-state index in [9.17, 15) is 4.79 Å². The van der Waals surface area contributed by atoms with E-state index in [0.717, 1.165) is 39.0 Å². The van der Waals surface area contributed by atoms with Crippen LogP contribution in [0.2, 0.25) is 0 Å². The van der Waals surface area contributed by atoms with Crippen LogP contribution in [0.15, 0.2) is 0 Å². The summed E-state index contributed by atoms with van der Waals surface area (Å²) in [5.41, 5.74) is 0.173. The molecule has 0 radical (unpaired) electrons. The summed E-state index contributed by atoms with van der Waals surface area (Å²) in [6.07, 6.45) is 9.24. The highest BCUT2D eigenvalue weighted by Gasteiger charge is 2.40. The predicted octanol–water partition coefficient (Wildman–Crippen LogP) is 4.65. The van der Waals surface area contributed by atoms with Crippen LogP contribution >= 0.6 is 0 Å². The molecule has 0 unspecified atom stereocenters. The van der Waals surface area contributed by atoms with E-state index >= 15 is 0 Å². The minimum absolute atomic E-state index is 0.173. The fourth-order valence-electron chi connectivity index (χ4n) is 4.09. The van der Waals surface area contributed by atoms with Gasteiger partial charge in [-0.15, -0.1) is 0 Å². The third-order valence-electron chi connectivity index (χ3n) is 5.83. The second kappa shape index (κ2) is 8.50. The molecule has 2 saturated heterocycles. The van der Waals surface area contributed by atoms with Gasteiger partial charge in [-0.1, -0.05) is 34.1 Å². The van der Waals surface area contributed by atoms with Crippen LogP contribution in [0, 0.1) is 17.3 Å². The van der Waals surface area contributed by atoms with Crippen molar-refractivity contribution in [3.8, 4) is 0 Å². The molecule has 2 aliphatic heterocycles. The van der Waals surface area contributed by atoms with E-state index in [1.165, 1.54) is 32.1 Å². The van der Waals surface area contributed by atoms with E-state index in [4.69, 9.17) is 4.74 Å². The third-order valence-corrected chi connectivity index (χ3v) is 5.83. The molecule has 2 heterocycles. The van der Waals surface area contributed by atoms with Gasteiger partial charge in [0.15, 0.2) is 0 Å². The lowest BCUT2D eigenvalue weighted by Gasteiger charge is -2.43. The molecule has 2 fully saturated rings. The van der Waals surface area contributed by atoms with Crippen LogP contribution in [0.5, 0.6) is 0 Å². The first-order chi connectivity index (χ1) is 10.9. The number of carbonyl (C=O) groups is 1. The van der Waals surface area contributed by atoms with Gasteiger partial charge in [-0.25, -0.2) is 0 Å². The van der Waals surface area contributed by atoms with Crippen LogP contribution in [0.4, 0.5) is 0 Å². The Hall–Kier alpha value is -0.570. The van der Waals surface area contributed by atoms with Gasteiger partial charge in [-0.05, 0) is 55.8 Å². The number of ether oxygens (including phenoxy) is 1. The van der Waals surface area contributed by atoms with Crippen molar-refractivity contribution in [3.05, 3.63) is 0 Å². The summed E-state index contributed by atoms with van der Waals surface area (Å²) in [6.45, 7) is 11.9. The lowest BCUT2D eigenvalue weighted by Crippen LogP contribution is -2.43. The molecule has 3 heteroatoms. The molecule has 0 bridgehead atoms. The largest absolute Gasteiger partial charge is 0.378 e. The highest BCUT2D eigenvalue weighted by atomic mass is 16.5. The summed E-state index contributed by atoms with van der Waals surface area (Å²) < 4.78 is 6.00. The molecule has 1 amide bonds. The quantitative estimate of drug-likeness (QED) is 0.712. The van der Waals surface area contributed by atoms with E-state index in [0.29, 0.717) is 23.8 Å². The number of piperidine rings is 1. The van der Waals surface area contributed by atoms with Gasteiger partial charge in [0.1, 0.15) is 0 Å². The molecule has 0 aromatic rings. The molecule has 0 aromatic carbocycles. The smallest absolute Gasteiger partial charge is 0.223 e. The third kappa shape index (κ3) is 5.48. The van der Waals surface area contributed by atoms with Crippen LogP contribution < -0.4 is 0 Å². The molecule has 0 aliphatic carbocycles. The molecule has 2 atom stereocenters. The van der Waals surface area contributed by atoms with Crippen molar-refractivity contribution >= 4 is 5.91 Å². The second-order valence-corrected chi connectivity index (χ2v) is 8.66. The summed E-state index contributed by atoms with van der Waals surface area (Å²) in [6, 6.07) is 0. The topological polar surface area (TPSA) is 29.5 Å². The minimum atomic E-state index is 0.173. The molecule has 0 spiro atoms. The summed E-state index contributed by atoms with van der Waals surface area (Å²) in [7, 11) is 0. The summed E-state index contributed by atoms with van der Waals surface area (Å²) in [5.74, 6) is 1.65. The Bertz CT molecular complexity index is 374. The van der Waals surface area contributed by atoms with Gasteiger partial charge in [0.2, 0.25) is 5.91 Å². The Morgan fingerprint density at radius 2 is 1.87 bits per heavy atom. The Labute approximate surface area is 143 Å². The van der Waals surface area contributed by atoms with E-state index in [2.05, 4.69) is 32.6 Å². The maximum absolute atomic E-state index is 12.9. The van der Waals surface area contributed by atoms with Crippen LogP contribution in [-0.4, -0.2) is 36.6 Å². The molecule has 23 heavy (non-hydrogen) atoms. The van der Waals surface area contributed by atoms with Gasteiger partial charge in [-0.2, -0.15) is 0 Å². The van der Waals surface area contributed by atoms with Crippen molar-refractivity contribution < 1.29 is 9.53 Å². The first kappa shape index (κ1) is 18.8. The van der Waals surface area contributed by atoms with Crippen molar-refractivity contribution in [2.75, 3.05) is 19.7 Å². The van der Waals surface area contributed by atoms with E-state index in [-0.39, 0.29) is 5.41 Å². The summed E-state index contributed by atoms with van der Waals surface area (Å²) in [4.78, 5) is 15.0. The average Bonchev–Trinajstić information content (AvgIpc) is 2.54. The van der Waals surface area contributed by atoms with Crippen molar-refractivity contribution in [3.63, 3.8) is 0 Å². The average molecular weight is 324 g/mol. The van der Waals surface area contributed by atoms with Gasteiger partial charge in [0.05, 0.1) is 6.10 Å². The molecular formula is C20H37NO2. The van der Waals surface area contributed by atoms with Crippen molar-refractivity contribution in [2.45, 2.75) is 85.2 Å².